The van der Waals surface area contributed by atoms with Gasteiger partial charge >= 0.3 is 122 Å². The predicted molar refractivity (Wildman–Crippen MR) is 217 cm³/mol. The van der Waals surface area contributed by atoms with Crippen LogP contribution in [0.15, 0.2) is 97.1 Å². The SMILES string of the molecule is O=C([O][GeH2][O]C(=O)C(Cl)(Cl)Cl)C(Cl)(Cl)Cl.c1ccc2c(c1)-c1nc-2nc2[nH]c(nc3nc(nc4[nH]c(n1)c1ccccc41)-c1ccccc1-3)c1ccccc21. The Labute approximate surface area is 346 Å². The molecule has 0 saturated heterocycles. The molecule has 0 saturated carbocycles. The molecule has 2 N–H and O–H groups in total. The van der Waals surface area contributed by atoms with Gasteiger partial charge in [-0.25, -0.2) is 29.9 Å². The van der Waals surface area contributed by atoms with E-state index in [2.05, 4.69) is 17.5 Å². The van der Waals surface area contributed by atoms with Crippen molar-refractivity contribution in [3.63, 3.8) is 0 Å². The zero-order valence-corrected chi connectivity index (χ0v) is 35.0. The molecule has 0 atom stereocenters. The van der Waals surface area contributed by atoms with Crippen LogP contribution >= 0.6 is 69.6 Å². The molecule has 2 aliphatic heterocycles. The molecule has 12 nitrogen and oxygen atoms in total. The van der Waals surface area contributed by atoms with Crippen molar-refractivity contribution in [3.05, 3.63) is 97.1 Å². The molecule has 3 aromatic heterocycles. The second-order valence-corrected chi connectivity index (χ2v) is 18.0. The van der Waals surface area contributed by atoms with Crippen LogP contribution < -0.4 is 0 Å². The number of carbonyl (C=O) groups is 2. The van der Waals surface area contributed by atoms with E-state index in [-0.39, 0.29) is 0 Å². The largest absolute Gasteiger partial charge is 0.324 e. The first kappa shape index (κ1) is 37.4. The van der Waals surface area contributed by atoms with E-state index in [1.165, 1.54) is 0 Å². The molecule has 2 aliphatic rings. The Kier molecular flexibility index (Phi) is 10.1. The first-order valence-corrected chi connectivity index (χ1v) is 20.7. The molecule has 19 heteroatoms. The minimum Gasteiger partial charge on any atom is -0.324 e. The predicted octanol–water partition coefficient (Wildman–Crippen LogP) is 8.68. The summed E-state index contributed by atoms with van der Waals surface area (Å²) in [5.74, 6) is 0.119. The van der Waals surface area contributed by atoms with Gasteiger partial charge in [-0.05, 0) is 0 Å². The minimum atomic E-state index is -2.48. The van der Waals surface area contributed by atoms with Crippen LogP contribution in [-0.4, -0.2) is 75.5 Å². The van der Waals surface area contributed by atoms with Gasteiger partial charge in [-0.15, -0.1) is 0 Å². The third kappa shape index (κ3) is 7.55. The second-order valence-electron chi connectivity index (χ2n) is 11.8. The van der Waals surface area contributed by atoms with Gasteiger partial charge in [0.1, 0.15) is 22.6 Å². The van der Waals surface area contributed by atoms with E-state index in [1.54, 1.807) is 0 Å². The molecular formula is C36H20Cl6GeN8O4. The van der Waals surface area contributed by atoms with Crippen molar-refractivity contribution in [1.29, 1.82) is 0 Å². The topological polar surface area (TPSA) is 162 Å². The van der Waals surface area contributed by atoms with E-state index in [4.69, 9.17) is 99.5 Å². The normalized spacial score (nSPS) is 12.0. The number of nitrogens with one attached hydrogen (secondary N) is 2. The van der Waals surface area contributed by atoms with Crippen LogP contribution in [0.3, 0.4) is 0 Å². The molecule has 0 aliphatic carbocycles. The standard InChI is InChI=1S/C32H18N8.C4H2Cl6GeO4/c1-2-10-18-17(9-1)25-33-26(18)38-28-21-13-5-6-14-22(21)30(35-28)40-32-24-16-8-7-15-23(24)31(36-32)39-29-20-12-4-3-11-19(20)27(34-29)37-25;5-3(6,7)1(12)14-11-15-2(13)4(8,9)10/h1-16H,(H2,33,34,35,36,37,38,39,40);11H2. The molecule has 0 fully saturated rings. The summed E-state index contributed by atoms with van der Waals surface area (Å²) in [6.07, 6.45) is 0. The minimum absolute atomic E-state index is 0.597. The average molecular weight is 914 g/mol. The van der Waals surface area contributed by atoms with Crippen LogP contribution in [0.2, 0.25) is 0 Å². The summed E-state index contributed by atoms with van der Waals surface area (Å²) in [4.78, 5) is 58.4. The molecule has 9 rings (SSSR count). The number of carbonyl (C=O) groups excluding carboxylic acids is 2. The fraction of sp³-hybridized carbons (Fsp3) is 0.0556. The van der Waals surface area contributed by atoms with Gasteiger partial charge in [0.05, 0.1) is 0 Å². The van der Waals surface area contributed by atoms with Crippen LogP contribution in [0.4, 0.5) is 0 Å². The Morgan fingerprint density at radius 3 is 0.945 bits per heavy atom. The first-order chi connectivity index (χ1) is 26.3. The van der Waals surface area contributed by atoms with E-state index in [0.717, 1.165) is 43.8 Å². The maximum atomic E-state index is 10.8. The van der Waals surface area contributed by atoms with Gasteiger partial charge in [-0.3, -0.25) is 0 Å². The van der Waals surface area contributed by atoms with Crippen LogP contribution in [0.5, 0.6) is 0 Å². The summed E-state index contributed by atoms with van der Waals surface area (Å²) in [5.41, 5.74) is 6.45. The zero-order chi connectivity index (χ0) is 38.5. The van der Waals surface area contributed by atoms with Crippen molar-refractivity contribution in [2.24, 2.45) is 0 Å². The van der Waals surface area contributed by atoms with E-state index < -0.39 is 35.6 Å². The van der Waals surface area contributed by atoms with E-state index >= 15 is 0 Å². The number of halogens is 6. The van der Waals surface area contributed by atoms with Crippen molar-refractivity contribution < 1.29 is 17.1 Å². The number of nitrogens with zero attached hydrogens (tertiary/aromatic N) is 6. The summed E-state index contributed by atoms with van der Waals surface area (Å²) >= 11 is 28.5. The Morgan fingerprint density at radius 2 is 0.691 bits per heavy atom. The summed E-state index contributed by atoms with van der Waals surface area (Å²) in [6, 6.07) is 32.2. The van der Waals surface area contributed by atoms with Crippen molar-refractivity contribution in [1.82, 2.24) is 39.9 Å². The molecule has 5 heterocycles. The number of hydrogen-bond donors (Lipinski definition) is 2. The number of rotatable bonds is 2. The number of aromatic amines is 2. The smallest absolute Gasteiger partial charge is 0.164 e. The van der Waals surface area contributed by atoms with Crippen LogP contribution in [0, 0.1) is 0 Å². The second kappa shape index (κ2) is 14.8. The summed E-state index contributed by atoms with van der Waals surface area (Å²) < 4.78 is 4.39. The molecular weight excluding hydrogens is 894 g/mol. The van der Waals surface area contributed by atoms with E-state index in [1.807, 2.05) is 97.1 Å². The fourth-order valence-electron chi connectivity index (χ4n) is 5.89. The molecule has 7 aromatic rings. The van der Waals surface area contributed by atoms with Crippen molar-refractivity contribution in [2.45, 2.75) is 7.59 Å². The summed E-state index contributed by atoms with van der Waals surface area (Å²) in [7, 11) is 0. The molecule has 0 amide bonds. The average Bonchev–Trinajstić information content (AvgIpc) is 3.90. The maximum absolute atomic E-state index is 10.8. The number of hydrogen-bond acceptors (Lipinski definition) is 10. The molecule has 4 aromatic carbocycles. The summed E-state index contributed by atoms with van der Waals surface area (Å²) in [6.45, 7) is 0. The molecule has 0 unspecified atom stereocenters. The first-order valence-electron chi connectivity index (χ1n) is 16.0. The Bertz CT molecular complexity index is 2510. The van der Waals surface area contributed by atoms with Crippen LogP contribution in [-0.2, 0) is 17.1 Å². The number of fused-ring (bicyclic) bond motifs is 20. The van der Waals surface area contributed by atoms with Crippen LogP contribution in [0.1, 0.15) is 0 Å². The number of aromatic nitrogens is 8. The molecule has 0 radical (unpaired) electrons. The molecule has 0 spiro atoms. The fourth-order valence-corrected chi connectivity index (χ4v) is 8.85. The van der Waals surface area contributed by atoms with Crippen molar-refractivity contribution >= 4 is 142 Å². The van der Waals surface area contributed by atoms with Gasteiger partial charge in [0.25, 0.3) is 0 Å². The van der Waals surface area contributed by atoms with Gasteiger partial charge in [0.2, 0.25) is 0 Å². The molecule has 274 valence electrons. The van der Waals surface area contributed by atoms with Gasteiger partial charge in [0, 0.05) is 43.8 Å². The Hall–Kier alpha value is -4.54. The zero-order valence-electron chi connectivity index (χ0n) is 27.5. The quantitative estimate of drug-likeness (QED) is 0.127. The Morgan fingerprint density at radius 1 is 0.436 bits per heavy atom. The van der Waals surface area contributed by atoms with E-state index in [0.29, 0.717) is 45.9 Å². The Balaban J connectivity index is 0.000000245. The maximum Gasteiger partial charge on any atom is 0.164 e. The molecule has 8 bridgehead atoms. The number of alkyl halides is 6. The number of benzene rings is 4. The van der Waals surface area contributed by atoms with Crippen molar-refractivity contribution in [2.75, 3.05) is 0 Å². The number of H-pyrrole nitrogens is 2. The van der Waals surface area contributed by atoms with Gasteiger partial charge < -0.3 is 9.97 Å². The van der Waals surface area contributed by atoms with Gasteiger partial charge in [0.15, 0.2) is 23.3 Å². The third-order valence-corrected chi connectivity index (χ3v) is 10.8. The van der Waals surface area contributed by atoms with E-state index in [9.17, 15) is 9.59 Å². The van der Waals surface area contributed by atoms with Gasteiger partial charge in [-0.2, -0.15) is 0 Å². The van der Waals surface area contributed by atoms with Crippen molar-refractivity contribution in [3.8, 4) is 45.6 Å². The summed E-state index contributed by atoms with van der Waals surface area (Å²) in [5, 5.41) is 3.82. The van der Waals surface area contributed by atoms with Gasteiger partial charge in [-0.1, -0.05) is 97.1 Å². The van der Waals surface area contributed by atoms with Crippen LogP contribution in [0.25, 0.3) is 89.7 Å². The molecule has 55 heavy (non-hydrogen) atoms. The third-order valence-electron chi connectivity index (χ3n) is 8.30. The monoisotopic (exact) mass is 912 g/mol.